The van der Waals surface area contributed by atoms with Crippen LogP contribution >= 0.6 is 0 Å². The zero-order chi connectivity index (χ0) is 13.7. The van der Waals surface area contributed by atoms with Crippen LogP contribution in [0.5, 0.6) is 0 Å². The second kappa shape index (κ2) is 5.81. The van der Waals surface area contributed by atoms with Crippen molar-refractivity contribution in [1.29, 1.82) is 0 Å². The van der Waals surface area contributed by atoms with Gasteiger partial charge in [-0.1, -0.05) is 6.07 Å². The maximum atomic E-state index is 10.9. The molecule has 6 nitrogen and oxygen atoms in total. The van der Waals surface area contributed by atoms with E-state index in [9.17, 15) is 14.9 Å². The molecule has 0 atom stereocenters. The van der Waals surface area contributed by atoms with Crippen LogP contribution in [-0.2, 0) is 11.2 Å². The maximum Gasteiger partial charge on any atom is 0.307 e. The van der Waals surface area contributed by atoms with Crippen molar-refractivity contribution in [2.24, 2.45) is 0 Å². The van der Waals surface area contributed by atoms with Gasteiger partial charge in [-0.2, -0.15) is 0 Å². The molecular weight excluding hydrogens is 236 g/mol. The first-order valence-corrected chi connectivity index (χ1v) is 5.24. The second-order valence-corrected chi connectivity index (χ2v) is 4.00. The molecule has 0 heterocycles. The maximum absolute atomic E-state index is 10.9. The van der Waals surface area contributed by atoms with Crippen molar-refractivity contribution in [3.63, 3.8) is 0 Å². The Morgan fingerprint density at radius 1 is 1.50 bits per heavy atom. The van der Waals surface area contributed by atoms with Gasteiger partial charge in [0.25, 0.3) is 5.69 Å². The third kappa shape index (κ3) is 3.89. The smallest absolute Gasteiger partial charge is 0.307 e. The van der Waals surface area contributed by atoms with Crippen LogP contribution in [-0.4, -0.2) is 35.0 Å². The summed E-state index contributed by atoms with van der Waals surface area (Å²) in [5.74, 6) is -1.01. The first-order valence-electron chi connectivity index (χ1n) is 5.24. The predicted octanol–water partition coefficient (Wildman–Crippen LogP) is 1.75. The molecule has 0 unspecified atom stereocenters. The van der Waals surface area contributed by atoms with Crippen LogP contribution in [0.15, 0.2) is 24.4 Å². The molecule has 0 saturated carbocycles. The number of nitro benzene ring substituents is 1. The van der Waals surface area contributed by atoms with Crippen LogP contribution in [0.2, 0.25) is 0 Å². The van der Waals surface area contributed by atoms with Gasteiger partial charge in [0.15, 0.2) is 0 Å². The monoisotopic (exact) mass is 250 g/mol. The van der Waals surface area contributed by atoms with Gasteiger partial charge >= 0.3 is 5.97 Å². The van der Waals surface area contributed by atoms with Crippen molar-refractivity contribution in [2.45, 2.75) is 6.42 Å². The molecule has 1 N–H and O–H groups in total. The van der Waals surface area contributed by atoms with E-state index in [0.717, 1.165) is 0 Å². The van der Waals surface area contributed by atoms with Gasteiger partial charge in [0.1, 0.15) is 0 Å². The van der Waals surface area contributed by atoms with Crippen molar-refractivity contribution < 1.29 is 14.8 Å². The summed E-state index contributed by atoms with van der Waals surface area (Å²) in [6, 6.07) is 4.43. The average molecular weight is 250 g/mol. The Labute approximate surface area is 104 Å². The molecule has 0 saturated heterocycles. The second-order valence-electron chi connectivity index (χ2n) is 4.00. The number of carboxylic acids is 1. The number of hydrogen-bond donors (Lipinski definition) is 1. The first kappa shape index (κ1) is 13.7. The fraction of sp³-hybridized carbons (Fsp3) is 0.250. The van der Waals surface area contributed by atoms with Crippen molar-refractivity contribution in [2.75, 3.05) is 14.1 Å². The summed E-state index contributed by atoms with van der Waals surface area (Å²) in [6.45, 7) is 0. The van der Waals surface area contributed by atoms with Crippen molar-refractivity contribution >= 4 is 17.7 Å². The number of nitro groups is 1. The Bertz CT molecular complexity index is 495. The number of carboxylic acid groups (broad SMARTS) is 1. The number of carbonyl (C=O) groups is 1. The number of aliphatic carboxylic acids is 1. The molecule has 0 amide bonds. The Morgan fingerprint density at radius 2 is 2.17 bits per heavy atom. The van der Waals surface area contributed by atoms with Crippen LogP contribution in [0.4, 0.5) is 5.69 Å². The third-order valence-corrected chi connectivity index (χ3v) is 2.20. The molecule has 0 bridgehead atoms. The summed E-state index contributed by atoms with van der Waals surface area (Å²) in [7, 11) is 3.61. The molecule has 0 fully saturated rings. The van der Waals surface area contributed by atoms with Gasteiger partial charge in [-0.25, -0.2) is 0 Å². The quantitative estimate of drug-likeness (QED) is 0.635. The lowest BCUT2D eigenvalue weighted by Crippen LogP contribution is -2.02. The lowest BCUT2D eigenvalue weighted by atomic mass is 10.1. The molecule has 1 rings (SSSR count). The molecule has 18 heavy (non-hydrogen) atoms. The normalized spacial score (nSPS) is 10.6. The third-order valence-electron chi connectivity index (χ3n) is 2.20. The van der Waals surface area contributed by atoms with E-state index in [1.165, 1.54) is 6.07 Å². The van der Waals surface area contributed by atoms with E-state index in [4.69, 9.17) is 5.11 Å². The summed E-state index contributed by atoms with van der Waals surface area (Å²) in [4.78, 5) is 22.7. The Balaban J connectivity index is 3.12. The molecule has 96 valence electrons. The van der Waals surface area contributed by atoms with Crippen LogP contribution in [0.25, 0.3) is 6.08 Å². The van der Waals surface area contributed by atoms with Gasteiger partial charge in [-0.15, -0.1) is 0 Å². The highest BCUT2D eigenvalue weighted by Gasteiger charge is 2.13. The van der Waals surface area contributed by atoms with E-state index in [2.05, 4.69) is 0 Å². The standard InChI is InChI=1S/C12H14N2O4/c1-13(2)6-5-10-4-3-9(8-12(15)16)7-11(10)14(17)18/h3-7H,8H2,1-2H3,(H,15,16). The summed E-state index contributed by atoms with van der Waals surface area (Å²) in [5.41, 5.74) is 0.769. The number of benzene rings is 1. The van der Waals surface area contributed by atoms with Crippen LogP contribution in [0, 0.1) is 10.1 Å². The zero-order valence-electron chi connectivity index (χ0n) is 10.2. The average Bonchev–Trinajstić information content (AvgIpc) is 2.26. The molecule has 0 spiro atoms. The summed E-state index contributed by atoms with van der Waals surface area (Å²) < 4.78 is 0. The van der Waals surface area contributed by atoms with Gasteiger partial charge in [-0.05, 0) is 23.9 Å². The van der Waals surface area contributed by atoms with E-state index in [0.29, 0.717) is 11.1 Å². The molecule has 0 aromatic heterocycles. The fourth-order valence-corrected chi connectivity index (χ4v) is 1.40. The molecule has 0 aliphatic rings. The number of nitrogens with zero attached hydrogens (tertiary/aromatic N) is 2. The highest BCUT2D eigenvalue weighted by molar-refractivity contribution is 5.71. The minimum atomic E-state index is -1.01. The van der Waals surface area contributed by atoms with Gasteiger partial charge < -0.3 is 10.0 Å². The Hall–Kier alpha value is -2.37. The van der Waals surface area contributed by atoms with Crippen molar-refractivity contribution in [3.8, 4) is 0 Å². The summed E-state index contributed by atoms with van der Waals surface area (Å²) in [6.07, 6.45) is 3.08. The Morgan fingerprint density at radius 3 is 2.67 bits per heavy atom. The minimum Gasteiger partial charge on any atom is -0.481 e. The van der Waals surface area contributed by atoms with E-state index >= 15 is 0 Å². The van der Waals surface area contributed by atoms with Crippen molar-refractivity contribution in [1.82, 2.24) is 4.90 Å². The van der Waals surface area contributed by atoms with Gasteiger partial charge in [0.05, 0.1) is 16.9 Å². The summed E-state index contributed by atoms with van der Waals surface area (Å²) in [5, 5.41) is 19.6. The van der Waals surface area contributed by atoms with Crippen molar-refractivity contribution in [3.05, 3.63) is 45.6 Å². The lowest BCUT2D eigenvalue weighted by molar-refractivity contribution is -0.385. The van der Waals surface area contributed by atoms with E-state index in [-0.39, 0.29) is 12.1 Å². The highest BCUT2D eigenvalue weighted by Crippen LogP contribution is 2.22. The van der Waals surface area contributed by atoms with Crippen LogP contribution < -0.4 is 0 Å². The molecule has 6 heteroatoms. The minimum absolute atomic E-state index is 0.0909. The van der Waals surface area contributed by atoms with E-state index in [1.54, 1.807) is 43.4 Å². The topological polar surface area (TPSA) is 83.7 Å². The summed E-state index contributed by atoms with van der Waals surface area (Å²) >= 11 is 0. The van der Waals surface area contributed by atoms with Gasteiger partial charge in [0, 0.05) is 20.2 Å². The van der Waals surface area contributed by atoms with E-state index in [1.807, 2.05) is 0 Å². The lowest BCUT2D eigenvalue weighted by Gasteiger charge is -2.04. The molecular formula is C12H14N2O4. The Kier molecular flexibility index (Phi) is 4.42. The number of hydrogen-bond acceptors (Lipinski definition) is 4. The SMILES string of the molecule is CN(C)C=Cc1ccc(CC(=O)O)cc1[N+](=O)[O-]. The van der Waals surface area contributed by atoms with Crippen LogP contribution in [0.3, 0.4) is 0 Å². The molecule has 0 radical (unpaired) electrons. The fourth-order valence-electron chi connectivity index (χ4n) is 1.40. The van der Waals surface area contributed by atoms with Gasteiger partial charge in [0.2, 0.25) is 0 Å². The largest absolute Gasteiger partial charge is 0.481 e. The molecule has 1 aromatic carbocycles. The zero-order valence-corrected chi connectivity index (χ0v) is 10.2. The van der Waals surface area contributed by atoms with E-state index < -0.39 is 10.9 Å². The first-order chi connectivity index (χ1) is 8.40. The predicted molar refractivity (Wildman–Crippen MR) is 67.2 cm³/mol. The molecule has 1 aromatic rings. The highest BCUT2D eigenvalue weighted by atomic mass is 16.6. The molecule has 0 aliphatic heterocycles. The van der Waals surface area contributed by atoms with Gasteiger partial charge in [-0.3, -0.25) is 14.9 Å². The van der Waals surface area contributed by atoms with Crippen LogP contribution in [0.1, 0.15) is 11.1 Å². The molecule has 0 aliphatic carbocycles. The number of rotatable bonds is 5.